The number of nitrogens with one attached hydrogen (secondary N) is 1. The third-order valence-corrected chi connectivity index (χ3v) is 6.36. The van der Waals surface area contributed by atoms with Crippen molar-refractivity contribution in [3.05, 3.63) is 94.0 Å². The Hall–Kier alpha value is -3.98. The van der Waals surface area contributed by atoms with Crippen LogP contribution in [0.5, 0.6) is 0 Å². The average molecular weight is 474 g/mol. The molecule has 5 rings (SSSR count). The standard InChI is InChI=1S/C25H20FN5O2S/c1-15-10-11-20(16(2)12-15)30-23(33)19-8-3-4-9-21(19)31-24(30)28-29-25(31)34-14-22(32)27-18-7-5-6-17(26)13-18/h3-13H,14H2,1-2H3,(H,27,32). The Labute approximate surface area is 198 Å². The zero-order chi connectivity index (χ0) is 23.8. The monoisotopic (exact) mass is 473 g/mol. The summed E-state index contributed by atoms with van der Waals surface area (Å²) in [7, 11) is 0. The lowest BCUT2D eigenvalue weighted by molar-refractivity contribution is -0.113. The number of para-hydroxylation sites is 1. The van der Waals surface area contributed by atoms with E-state index in [0.717, 1.165) is 16.8 Å². The van der Waals surface area contributed by atoms with E-state index >= 15 is 0 Å². The van der Waals surface area contributed by atoms with Gasteiger partial charge >= 0.3 is 0 Å². The molecule has 0 aliphatic carbocycles. The predicted molar refractivity (Wildman–Crippen MR) is 131 cm³/mol. The molecule has 5 aromatic rings. The Balaban J connectivity index is 1.57. The summed E-state index contributed by atoms with van der Waals surface area (Å²) in [6.45, 7) is 3.94. The van der Waals surface area contributed by atoms with E-state index in [9.17, 15) is 14.0 Å². The van der Waals surface area contributed by atoms with Gasteiger partial charge in [0.15, 0.2) is 5.16 Å². The molecule has 1 N–H and O–H groups in total. The SMILES string of the molecule is Cc1ccc(-n2c(=O)c3ccccc3n3c(SCC(=O)Nc4cccc(F)c4)nnc23)c(C)c1. The molecule has 0 fully saturated rings. The number of fused-ring (bicyclic) bond motifs is 3. The van der Waals surface area contributed by atoms with Gasteiger partial charge in [0.2, 0.25) is 11.7 Å². The van der Waals surface area contributed by atoms with Crippen molar-refractivity contribution in [2.45, 2.75) is 19.0 Å². The Morgan fingerprint density at radius 1 is 1.03 bits per heavy atom. The fraction of sp³-hybridized carbons (Fsp3) is 0.120. The van der Waals surface area contributed by atoms with Crippen LogP contribution >= 0.6 is 11.8 Å². The van der Waals surface area contributed by atoms with E-state index in [1.54, 1.807) is 21.1 Å². The van der Waals surface area contributed by atoms with E-state index in [-0.39, 0.29) is 17.2 Å². The number of benzene rings is 3. The first-order valence-corrected chi connectivity index (χ1v) is 11.6. The molecule has 0 saturated heterocycles. The van der Waals surface area contributed by atoms with Crippen molar-refractivity contribution in [1.29, 1.82) is 0 Å². The highest BCUT2D eigenvalue weighted by atomic mass is 32.2. The number of rotatable bonds is 5. The maximum absolute atomic E-state index is 13.5. The van der Waals surface area contributed by atoms with Gasteiger partial charge < -0.3 is 5.32 Å². The molecular formula is C25H20FN5O2S. The molecule has 0 spiro atoms. The normalized spacial score (nSPS) is 11.3. The summed E-state index contributed by atoms with van der Waals surface area (Å²) >= 11 is 1.19. The molecule has 1 amide bonds. The van der Waals surface area contributed by atoms with E-state index in [1.807, 2.05) is 50.2 Å². The highest BCUT2D eigenvalue weighted by molar-refractivity contribution is 7.99. The molecule has 9 heteroatoms. The third kappa shape index (κ3) is 3.94. The van der Waals surface area contributed by atoms with Crippen molar-refractivity contribution < 1.29 is 9.18 Å². The fourth-order valence-corrected chi connectivity index (χ4v) is 4.68. The van der Waals surface area contributed by atoms with E-state index in [2.05, 4.69) is 15.5 Å². The van der Waals surface area contributed by atoms with Crippen molar-refractivity contribution in [3.63, 3.8) is 0 Å². The largest absolute Gasteiger partial charge is 0.325 e. The van der Waals surface area contributed by atoms with Crippen LogP contribution in [0.1, 0.15) is 11.1 Å². The van der Waals surface area contributed by atoms with E-state index in [1.165, 1.54) is 30.0 Å². The van der Waals surface area contributed by atoms with Crippen LogP contribution in [0.2, 0.25) is 0 Å². The molecule has 0 aliphatic rings. The average Bonchev–Trinajstić information content (AvgIpc) is 3.23. The number of aromatic nitrogens is 4. The summed E-state index contributed by atoms with van der Waals surface area (Å²) in [6, 6.07) is 18.8. The number of nitrogens with zero attached hydrogens (tertiary/aromatic N) is 4. The van der Waals surface area contributed by atoms with Gasteiger partial charge in [0.25, 0.3) is 5.56 Å². The summed E-state index contributed by atoms with van der Waals surface area (Å²) in [5.74, 6) is -0.332. The maximum Gasteiger partial charge on any atom is 0.267 e. The summed E-state index contributed by atoms with van der Waals surface area (Å²) in [5.41, 5.74) is 3.59. The van der Waals surface area contributed by atoms with Gasteiger partial charge in [-0.3, -0.25) is 14.0 Å². The number of amides is 1. The number of halogens is 1. The maximum atomic E-state index is 13.5. The minimum Gasteiger partial charge on any atom is -0.325 e. The van der Waals surface area contributed by atoms with Gasteiger partial charge in [-0.15, -0.1) is 10.2 Å². The van der Waals surface area contributed by atoms with Gasteiger partial charge in [-0.2, -0.15) is 0 Å². The van der Waals surface area contributed by atoms with E-state index in [4.69, 9.17) is 0 Å². The van der Waals surface area contributed by atoms with Crippen LogP contribution in [0.15, 0.2) is 76.7 Å². The molecule has 0 aliphatic heterocycles. The van der Waals surface area contributed by atoms with Gasteiger partial charge in [-0.25, -0.2) is 8.96 Å². The van der Waals surface area contributed by atoms with Crippen LogP contribution in [0.4, 0.5) is 10.1 Å². The number of hydrogen-bond donors (Lipinski definition) is 1. The van der Waals surface area contributed by atoms with Crippen LogP contribution in [0.3, 0.4) is 0 Å². The Bertz CT molecular complexity index is 1630. The minimum absolute atomic E-state index is 0.0360. The van der Waals surface area contributed by atoms with Crippen LogP contribution in [-0.2, 0) is 4.79 Å². The molecular weight excluding hydrogens is 453 g/mol. The molecule has 34 heavy (non-hydrogen) atoms. The second kappa shape index (κ2) is 8.75. The lowest BCUT2D eigenvalue weighted by Crippen LogP contribution is -2.22. The summed E-state index contributed by atoms with van der Waals surface area (Å²) in [6.07, 6.45) is 0. The lowest BCUT2D eigenvalue weighted by Gasteiger charge is -2.13. The number of anilines is 1. The van der Waals surface area contributed by atoms with E-state index in [0.29, 0.717) is 27.5 Å². The zero-order valence-corrected chi connectivity index (χ0v) is 19.3. The number of thioether (sulfide) groups is 1. The van der Waals surface area contributed by atoms with Crippen LogP contribution < -0.4 is 10.9 Å². The van der Waals surface area contributed by atoms with Crippen molar-refractivity contribution in [2.24, 2.45) is 0 Å². The third-order valence-electron chi connectivity index (χ3n) is 5.43. The van der Waals surface area contributed by atoms with Gasteiger partial charge in [-0.05, 0) is 55.8 Å². The molecule has 7 nitrogen and oxygen atoms in total. The first-order valence-electron chi connectivity index (χ1n) is 10.6. The molecule has 2 aromatic heterocycles. The first-order chi connectivity index (χ1) is 16.4. The number of carbonyl (C=O) groups is 1. The highest BCUT2D eigenvalue weighted by Crippen LogP contribution is 2.24. The Morgan fingerprint density at radius 2 is 1.85 bits per heavy atom. The Morgan fingerprint density at radius 3 is 2.65 bits per heavy atom. The van der Waals surface area contributed by atoms with Crippen LogP contribution in [-0.4, -0.2) is 30.8 Å². The smallest absolute Gasteiger partial charge is 0.267 e. The quantitative estimate of drug-likeness (QED) is 0.380. The first kappa shape index (κ1) is 21.8. The van der Waals surface area contributed by atoms with Crippen LogP contribution in [0.25, 0.3) is 22.4 Å². The molecule has 2 heterocycles. The molecule has 0 saturated carbocycles. The molecule has 0 bridgehead atoms. The second-order valence-corrected chi connectivity index (χ2v) is 8.86. The summed E-state index contributed by atoms with van der Waals surface area (Å²) < 4.78 is 16.7. The Kier molecular flexibility index (Phi) is 5.62. The second-order valence-electron chi connectivity index (χ2n) is 7.91. The van der Waals surface area contributed by atoms with Crippen molar-refractivity contribution in [2.75, 3.05) is 11.1 Å². The molecule has 3 aromatic carbocycles. The number of carbonyl (C=O) groups excluding carboxylic acids is 1. The van der Waals surface area contributed by atoms with Crippen molar-refractivity contribution >= 4 is 40.0 Å². The van der Waals surface area contributed by atoms with Crippen molar-refractivity contribution in [1.82, 2.24) is 19.2 Å². The topological polar surface area (TPSA) is 81.3 Å². The number of hydrogen-bond acceptors (Lipinski definition) is 5. The highest BCUT2D eigenvalue weighted by Gasteiger charge is 2.19. The molecule has 0 atom stereocenters. The number of aryl methyl sites for hydroxylation is 2. The van der Waals surface area contributed by atoms with Crippen molar-refractivity contribution in [3.8, 4) is 5.69 Å². The van der Waals surface area contributed by atoms with Gasteiger partial charge in [-0.1, -0.05) is 47.7 Å². The predicted octanol–water partition coefficient (Wildman–Crippen LogP) is 4.52. The molecule has 0 unspecified atom stereocenters. The zero-order valence-electron chi connectivity index (χ0n) is 18.4. The summed E-state index contributed by atoms with van der Waals surface area (Å²) in [5, 5.41) is 12.3. The minimum atomic E-state index is -0.426. The van der Waals surface area contributed by atoms with Gasteiger partial charge in [0, 0.05) is 5.69 Å². The van der Waals surface area contributed by atoms with E-state index < -0.39 is 5.82 Å². The molecule has 170 valence electrons. The van der Waals surface area contributed by atoms with Gasteiger partial charge in [0.05, 0.1) is 22.3 Å². The summed E-state index contributed by atoms with van der Waals surface area (Å²) in [4.78, 5) is 25.9. The van der Waals surface area contributed by atoms with Gasteiger partial charge in [0.1, 0.15) is 5.82 Å². The lowest BCUT2D eigenvalue weighted by atomic mass is 10.1. The molecule has 0 radical (unpaired) electrons. The fourth-order valence-electron chi connectivity index (χ4n) is 3.94. The van der Waals surface area contributed by atoms with Crippen LogP contribution in [0, 0.1) is 19.7 Å².